The second kappa shape index (κ2) is 7.32. The summed E-state index contributed by atoms with van der Waals surface area (Å²) in [5.74, 6) is -0.271. The molecule has 0 fully saturated rings. The lowest BCUT2D eigenvalue weighted by Gasteiger charge is -2.18. The van der Waals surface area contributed by atoms with E-state index in [-0.39, 0.29) is 24.9 Å². The first-order valence-corrected chi connectivity index (χ1v) is 5.86. The molecule has 1 rings (SSSR count). The minimum Gasteiger partial charge on any atom is -0.406 e. The SMILES string of the molecule is NCC(NCCCO)c1cccc(OC(F)(F)F)c1. The predicted octanol–water partition coefficient (Wildman–Crippen LogP) is 1.56. The van der Waals surface area contributed by atoms with Gasteiger partial charge in [0.05, 0.1) is 0 Å². The van der Waals surface area contributed by atoms with E-state index in [1.807, 2.05) is 0 Å². The number of nitrogens with one attached hydrogen (secondary N) is 1. The number of hydrogen-bond donors (Lipinski definition) is 3. The normalized spacial score (nSPS) is 13.3. The summed E-state index contributed by atoms with van der Waals surface area (Å²) >= 11 is 0. The van der Waals surface area contributed by atoms with E-state index in [1.54, 1.807) is 6.07 Å². The molecule has 4 N–H and O–H groups in total. The van der Waals surface area contributed by atoms with E-state index in [0.29, 0.717) is 18.5 Å². The summed E-state index contributed by atoms with van der Waals surface area (Å²) in [4.78, 5) is 0. The predicted molar refractivity (Wildman–Crippen MR) is 64.6 cm³/mol. The first kappa shape index (κ1) is 15.7. The highest BCUT2D eigenvalue weighted by Crippen LogP contribution is 2.25. The van der Waals surface area contributed by atoms with E-state index in [1.165, 1.54) is 18.2 Å². The minimum atomic E-state index is -4.71. The molecule has 1 aromatic rings. The Kier molecular flexibility index (Phi) is 6.07. The summed E-state index contributed by atoms with van der Waals surface area (Å²) < 4.78 is 40.2. The maximum atomic E-state index is 12.1. The maximum absolute atomic E-state index is 12.1. The molecule has 0 aliphatic heterocycles. The molecule has 1 unspecified atom stereocenters. The smallest absolute Gasteiger partial charge is 0.406 e. The molecule has 0 bridgehead atoms. The van der Waals surface area contributed by atoms with Crippen LogP contribution in [0.15, 0.2) is 24.3 Å². The zero-order valence-electron chi connectivity index (χ0n) is 10.3. The summed E-state index contributed by atoms with van der Waals surface area (Å²) in [6, 6.07) is 5.41. The third kappa shape index (κ3) is 5.91. The molecule has 0 aliphatic carbocycles. The Bertz CT molecular complexity index is 385. The zero-order valence-corrected chi connectivity index (χ0v) is 10.3. The Hall–Kier alpha value is -1.31. The van der Waals surface area contributed by atoms with Gasteiger partial charge in [-0.1, -0.05) is 12.1 Å². The van der Waals surface area contributed by atoms with Gasteiger partial charge in [-0.2, -0.15) is 0 Å². The molecule has 0 saturated heterocycles. The van der Waals surface area contributed by atoms with E-state index in [2.05, 4.69) is 10.1 Å². The average molecular weight is 278 g/mol. The first-order chi connectivity index (χ1) is 8.96. The highest BCUT2D eigenvalue weighted by molar-refractivity contribution is 5.31. The largest absolute Gasteiger partial charge is 0.573 e. The lowest BCUT2D eigenvalue weighted by molar-refractivity contribution is -0.274. The van der Waals surface area contributed by atoms with Gasteiger partial charge in [-0.15, -0.1) is 13.2 Å². The van der Waals surface area contributed by atoms with Crippen molar-refractivity contribution in [1.29, 1.82) is 0 Å². The molecule has 4 nitrogen and oxygen atoms in total. The highest BCUT2D eigenvalue weighted by Gasteiger charge is 2.31. The van der Waals surface area contributed by atoms with Crippen LogP contribution in [0.2, 0.25) is 0 Å². The first-order valence-electron chi connectivity index (χ1n) is 5.86. The summed E-state index contributed by atoms with van der Waals surface area (Å²) in [6.07, 6.45) is -4.16. The summed E-state index contributed by atoms with van der Waals surface area (Å²) in [5.41, 5.74) is 6.19. The number of rotatable bonds is 7. The average Bonchev–Trinajstić information content (AvgIpc) is 2.33. The Morgan fingerprint density at radius 2 is 2.11 bits per heavy atom. The van der Waals surface area contributed by atoms with Gasteiger partial charge in [-0.25, -0.2) is 0 Å². The van der Waals surface area contributed by atoms with E-state index in [0.717, 1.165) is 0 Å². The van der Waals surface area contributed by atoms with Gasteiger partial charge in [0.25, 0.3) is 0 Å². The molecule has 0 aliphatic rings. The van der Waals surface area contributed by atoms with Crippen molar-refractivity contribution in [3.8, 4) is 5.75 Å². The number of benzene rings is 1. The van der Waals surface area contributed by atoms with Crippen LogP contribution in [0.4, 0.5) is 13.2 Å². The zero-order chi connectivity index (χ0) is 14.3. The van der Waals surface area contributed by atoms with Crippen LogP contribution in [0, 0.1) is 0 Å². The molecular formula is C12H17F3N2O2. The van der Waals surface area contributed by atoms with Crippen LogP contribution >= 0.6 is 0 Å². The second-order valence-corrected chi connectivity index (χ2v) is 3.94. The number of alkyl halides is 3. The van der Waals surface area contributed by atoms with Crippen molar-refractivity contribution in [2.45, 2.75) is 18.8 Å². The lowest BCUT2D eigenvalue weighted by Crippen LogP contribution is -2.29. The van der Waals surface area contributed by atoms with E-state index in [4.69, 9.17) is 10.8 Å². The Morgan fingerprint density at radius 3 is 2.68 bits per heavy atom. The van der Waals surface area contributed by atoms with E-state index in [9.17, 15) is 13.2 Å². The van der Waals surface area contributed by atoms with Crippen molar-refractivity contribution in [3.05, 3.63) is 29.8 Å². The molecular weight excluding hydrogens is 261 g/mol. The molecule has 0 heterocycles. The monoisotopic (exact) mass is 278 g/mol. The Labute approximate surface area is 109 Å². The fourth-order valence-electron chi connectivity index (χ4n) is 1.62. The third-order valence-corrected chi connectivity index (χ3v) is 2.46. The topological polar surface area (TPSA) is 67.5 Å². The van der Waals surface area contributed by atoms with Crippen LogP contribution in [-0.4, -0.2) is 31.2 Å². The van der Waals surface area contributed by atoms with Crippen LogP contribution < -0.4 is 15.8 Å². The van der Waals surface area contributed by atoms with Crippen LogP contribution in [-0.2, 0) is 0 Å². The molecule has 0 amide bonds. The fourth-order valence-corrected chi connectivity index (χ4v) is 1.62. The number of hydrogen-bond acceptors (Lipinski definition) is 4. The number of nitrogens with two attached hydrogens (primary N) is 1. The summed E-state index contributed by atoms with van der Waals surface area (Å²) in [5, 5.41) is 11.7. The molecule has 0 saturated carbocycles. The van der Waals surface area contributed by atoms with Crippen LogP contribution in [0.5, 0.6) is 5.75 Å². The number of halogens is 3. The number of ether oxygens (including phenoxy) is 1. The van der Waals surface area contributed by atoms with Gasteiger partial charge in [-0.05, 0) is 30.7 Å². The molecule has 0 radical (unpaired) electrons. The highest BCUT2D eigenvalue weighted by atomic mass is 19.4. The van der Waals surface area contributed by atoms with Crippen molar-refractivity contribution in [1.82, 2.24) is 5.32 Å². The molecule has 19 heavy (non-hydrogen) atoms. The van der Waals surface area contributed by atoms with E-state index >= 15 is 0 Å². The second-order valence-electron chi connectivity index (χ2n) is 3.94. The quantitative estimate of drug-likeness (QED) is 0.662. The third-order valence-electron chi connectivity index (χ3n) is 2.46. The van der Waals surface area contributed by atoms with Crippen LogP contribution in [0.1, 0.15) is 18.0 Å². The molecule has 0 spiro atoms. The van der Waals surface area contributed by atoms with Gasteiger partial charge in [0.1, 0.15) is 5.75 Å². The van der Waals surface area contributed by atoms with Gasteiger partial charge < -0.3 is 20.9 Å². The Morgan fingerprint density at radius 1 is 1.37 bits per heavy atom. The Balaban J connectivity index is 2.72. The van der Waals surface area contributed by atoms with Gasteiger partial charge >= 0.3 is 6.36 Å². The molecule has 1 atom stereocenters. The van der Waals surface area contributed by atoms with Crippen molar-refractivity contribution in [2.24, 2.45) is 5.73 Å². The van der Waals surface area contributed by atoms with Gasteiger partial charge in [-0.3, -0.25) is 0 Å². The molecule has 1 aromatic carbocycles. The molecule has 108 valence electrons. The van der Waals surface area contributed by atoms with Crippen LogP contribution in [0.25, 0.3) is 0 Å². The summed E-state index contributed by atoms with van der Waals surface area (Å²) in [7, 11) is 0. The van der Waals surface area contributed by atoms with Gasteiger partial charge in [0.2, 0.25) is 0 Å². The molecule has 0 aromatic heterocycles. The maximum Gasteiger partial charge on any atom is 0.573 e. The van der Waals surface area contributed by atoms with Gasteiger partial charge in [0, 0.05) is 19.2 Å². The molecule has 7 heteroatoms. The standard InChI is InChI=1S/C12H17F3N2O2/c13-12(14,15)19-10-4-1-3-9(7-10)11(8-16)17-5-2-6-18/h1,3-4,7,11,17-18H,2,5-6,8,16H2. The summed E-state index contributed by atoms with van der Waals surface area (Å²) in [6.45, 7) is 0.811. The lowest BCUT2D eigenvalue weighted by atomic mass is 10.1. The van der Waals surface area contributed by atoms with Crippen LogP contribution in [0.3, 0.4) is 0 Å². The minimum absolute atomic E-state index is 0.0432. The van der Waals surface area contributed by atoms with Crippen molar-refractivity contribution in [2.75, 3.05) is 19.7 Å². The van der Waals surface area contributed by atoms with Crippen molar-refractivity contribution < 1.29 is 23.0 Å². The van der Waals surface area contributed by atoms with Gasteiger partial charge in [0.15, 0.2) is 0 Å². The van der Waals surface area contributed by atoms with Crippen molar-refractivity contribution >= 4 is 0 Å². The number of aliphatic hydroxyl groups is 1. The van der Waals surface area contributed by atoms with E-state index < -0.39 is 6.36 Å². The fraction of sp³-hybridized carbons (Fsp3) is 0.500. The number of aliphatic hydroxyl groups excluding tert-OH is 1. The van der Waals surface area contributed by atoms with Crippen molar-refractivity contribution in [3.63, 3.8) is 0 Å².